The zero-order chi connectivity index (χ0) is 22.4. The molecule has 0 N–H and O–H groups in total. The Morgan fingerprint density at radius 2 is 1.84 bits per heavy atom. The van der Waals surface area contributed by atoms with Crippen molar-refractivity contribution in [3.63, 3.8) is 0 Å². The second kappa shape index (κ2) is 8.43. The van der Waals surface area contributed by atoms with Crippen LogP contribution >= 0.6 is 7.38 Å². The van der Waals surface area contributed by atoms with Gasteiger partial charge in [0.25, 0.3) is 0 Å². The van der Waals surface area contributed by atoms with Crippen molar-refractivity contribution in [2.24, 2.45) is 28.6 Å². The van der Waals surface area contributed by atoms with Crippen molar-refractivity contribution in [3.05, 3.63) is 48.0 Å². The topological polar surface area (TPSA) is 0 Å². The molecule has 0 spiro atoms. The fourth-order valence-electron chi connectivity index (χ4n) is 8.42. The van der Waals surface area contributed by atoms with E-state index in [2.05, 4.69) is 84.1 Å². The number of aryl methyl sites for hydroxylation is 1. The second-order valence-electron chi connectivity index (χ2n) is 11.7. The Morgan fingerprint density at radius 1 is 1.13 bits per heavy atom. The van der Waals surface area contributed by atoms with Crippen molar-refractivity contribution in [1.82, 2.24) is 0 Å². The van der Waals surface area contributed by atoms with Gasteiger partial charge in [0.05, 0.1) is 0 Å². The van der Waals surface area contributed by atoms with E-state index in [4.69, 9.17) is 0 Å². The number of fused-ring (bicyclic) bond motifs is 3. The van der Waals surface area contributed by atoms with Gasteiger partial charge in [-0.15, -0.1) is 19.6 Å². The van der Waals surface area contributed by atoms with Crippen LogP contribution in [0.25, 0.3) is 0 Å². The van der Waals surface area contributed by atoms with Gasteiger partial charge >= 0.3 is 0 Å². The minimum atomic E-state index is -0.0765. The van der Waals surface area contributed by atoms with Crippen LogP contribution in [-0.4, -0.2) is 11.3 Å². The van der Waals surface area contributed by atoms with Gasteiger partial charge < -0.3 is 0 Å². The highest BCUT2D eigenvalue weighted by Gasteiger charge is 2.63. The summed E-state index contributed by atoms with van der Waals surface area (Å²) in [4.78, 5) is 0. The number of allylic oxidation sites excluding steroid dienone is 1. The summed E-state index contributed by atoms with van der Waals surface area (Å²) in [6.45, 7) is 19.2. The summed E-state index contributed by atoms with van der Waals surface area (Å²) < 4.78 is 0. The third kappa shape index (κ3) is 3.49. The number of rotatable bonds is 4. The molecular weight excluding hydrogens is 391 g/mol. The van der Waals surface area contributed by atoms with Gasteiger partial charge in [-0.1, -0.05) is 76.9 Å². The van der Waals surface area contributed by atoms with Gasteiger partial charge in [0.15, 0.2) is 0 Å². The average Bonchev–Trinajstić information content (AvgIpc) is 3.07. The van der Waals surface area contributed by atoms with Crippen LogP contribution in [0, 0.1) is 41.1 Å². The summed E-state index contributed by atoms with van der Waals surface area (Å²) in [6, 6.07) is 9.65. The van der Waals surface area contributed by atoms with Gasteiger partial charge in [-0.3, -0.25) is 0 Å². The van der Waals surface area contributed by atoms with Crippen LogP contribution in [0.5, 0.6) is 0 Å². The normalized spacial score (nSPS) is 43.1. The standard InChI is InChI=1S/C30H45P/c1-8-17-29(6)27-24(15-18-28(29,5)10-3)26-16-20-31(19-9-2)30(26,7)21-25(27)23-13-11-22(4)12-14-23/h10-14,24-27H,3,8-9,15-18,20-21H2,1-2,4-7H3. The van der Waals surface area contributed by atoms with Crippen molar-refractivity contribution >= 4 is 7.38 Å². The first-order chi connectivity index (χ1) is 14.7. The van der Waals surface area contributed by atoms with E-state index in [0.29, 0.717) is 16.5 Å². The Balaban J connectivity index is 1.89. The summed E-state index contributed by atoms with van der Waals surface area (Å²) in [5, 5.41) is 0.483. The minimum Gasteiger partial charge on any atom is -0.130 e. The Morgan fingerprint density at radius 3 is 2.45 bits per heavy atom. The highest BCUT2D eigenvalue weighted by molar-refractivity contribution is 7.49. The predicted octanol–water partition coefficient (Wildman–Crippen LogP) is 9.14. The molecule has 1 aliphatic heterocycles. The Bertz CT molecular complexity index is 898. The first-order valence-electron chi connectivity index (χ1n) is 13.0. The molecule has 170 valence electrons. The predicted molar refractivity (Wildman–Crippen MR) is 139 cm³/mol. The molecule has 1 heteroatoms. The molecule has 2 aliphatic carbocycles. The highest BCUT2D eigenvalue weighted by atomic mass is 31.1. The van der Waals surface area contributed by atoms with Gasteiger partial charge in [0, 0.05) is 11.6 Å². The molecule has 1 aromatic carbocycles. The summed E-state index contributed by atoms with van der Waals surface area (Å²) in [6.07, 6.45) is 13.0. The molecule has 1 saturated heterocycles. The minimum absolute atomic E-state index is 0.0765. The lowest BCUT2D eigenvalue weighted by Crippen LogP contribution is -2.58. The molecule has 3 fully saturated rings. The Kier molecular flexibility index (Phi) is 6.31. The Labute approximate surface area is 193 Å². The first-order valence-corrected chi connectivity index (χ1v) is 14.5. The van der Waals surface area contributed by atoms with Crippen LogP contribution in [0.2, 0.25) is 0 Å². The van der Waals surface area contributed by atoms with E-state index in [-0.39, 0.29) is 12.8 Å². The molecule has 4 rings (SSSR count). The molecule has 3 aliphatic rings. The summed E-state index contributed by atoms with van der Waals surface area (Å²) >= 11 is 0. The lowest BCUT2D eigenvalue weighted by atomic mass is 9.41. The van der Waals surface area contributed by atoms with E-state index >= 15 is 0 Å². The highest BCUT2D eigenvalue weighted by Crippen LogP contribution is 2.72. The average molecular weight is 437 g/mol. The largest absolute Gasteiger partial charge is 0.130 e. The smallest absolute Gasteiger partial charge is 0.0125 e. The van der Waals surface area contributed by atoms with E-state index in [1.165, 1.54) is 50.3 Å². The molecule has 0 radical (unpaired) electrons. The zero-order valence-electron chi connectivity index (χ0n) is 21.0. The summed E-state index contributed by atoms with van der Waals surface area (Å²) in [5.41, 5.74) is 7.54. The second-order valence-corrected chi connectivity index (χ2v) is 14.3. The fourth-order valence-corrected chi connectivity index (χ4v) is 11.5. The van der Waals surface area contributed by atoms with Crippen molar-refractivity contribution < 1.29 is 0 Å². The van der Waals surface area contributed by atoms with E-state index in [1.54, 1.807) is 5.56 Å². The summed E-state index contributed by atoms with van der Waals surface area (Å²) in [7, 11) is -0.0765. The van der Waals surface area contributed by atoms with Gasteiger partial charge in [-0.2, -0.15) is 0 Å². The van der Waals surface area contributed by atoms with Crippen molar-refractivity contribution in [1.29, 1.82) is 0 Å². The molecule has 0 amide bonds. The monoisotopic (exact) mass is 436 g/mol. The van der Waals surface area contributed by atoms with Gasteiger partial charge in [-0.05, 0) is 85.3 Å². The van der Waals surface area contributed by atoms with Crippen LogP contribution in [-0.2, 0) is 0 Å². The van der Waals surface area contributed by atoms with Gasteiger partial charge in [0.1, 0.15) is 0 Å². The maximum atomic E-state index is 4.39. The number of benzene rings is 1. The fraction of sp³-hybridized carbons (Fsp3) is 0.700. The zero-order valence-corrected chi connectivity index (χ0v) is 21.9. The Hall–Kier alpha value is -0.960. The third-order valence-electron chi connectivity index (χ3n) is 10.2. The van der Waals surface area contributed by atoms with E-state index < -0.39 is 0 Å². The van der Waals surface area contributed by atoms with Gasteiger partial charge in [-0.25, -0.2) is 0 Å². The van der Waals surface area contributed by atoms with Crippen molar-refractivity contribution in [2.75, 3.05) is 6.16 Å². The van der Waals surface area contributed by atoms with Crippen LogP contribution in [0.1, 0.15) is 96.6 Å². The SMILES string of the molecule is C=CC1(C)CCC2C3CCP(#CCC)C3(C)CC(c3ccc(C)cc3)C2C1(C)CCC. The molecule has 0 aromatic heterocycles. The first kappa shape index (κ1) is 23.2. The van der Waals surface area contributed by atoms with Crippen LogP contribution in [0.3, 0.4) is 0 Å². The van der Waals surface area contributed by atoms with Crippen molar-refractivity contribution in [3.8, 4) is 5.63 Å². The maximum Gasteiger partial charge on any atom is 0.0125 e. The number of hydrogen-bond donors (Lipinski definition) is 0. The quantitative estimate of drug-likeness (QED) is 0.326. The molecule has 0 bridgehead atoms. The number of hydrogen-bond acceptors (Lipinski definition) is 0. The maximum absolute atomic E-state index is 4.39. The molecule has 0 nitrogen and oxygen atoms in total. The summed E-state index contributed by atoms with van der Waals surface area (Å²) in [5.74, 6) is 3.20. The molecule has 1 heterocycles. The molecule has 1 aromatic rings. The molecule has 8 atom stereocenters. The van der Waals surface area contributed by atoms with Crippen molar-refractivity contribution in [2.45, 2.75) is 97.6 Å². The van der Waals surface area contributed by atoms with Crippen LogP contribution in [0.15, 0.2) is 36.9 Å². The lowest BCUT2D eigenvalue weighted by Gasteiger charge is -2.64. The van der Waals surface area contributed by atoms with Gasteiger partial charge in [0.2, 0.25) is 0 Å². The van der Waals surface area contributed by atoms with E-state index in [9.17, 15) is 0 Å². The molecule has 2 saturated carbocycles. The molecule has 31 heavy (non-hydrogen) atoms. The third-order valence-corrected chi connectivity index (χ3v) is 13.4. The van der Waals surface area contributed by atoms with Crippen LogP contribution < -0.4 is 0 Å². The van der Waals surface area contributed by atoms with E-state index in [1.807, 2.05) is 0 Å². The van der Waals surface area contributed by atoms with E-state index in [0.717, 1.165) is 24.2 Å². The molecular formula is C30H45P. The molecule has 8 unspecified atom stereocenters. The lowest BCUT2D eigenvalue weighted by molar-refractivity contribution is -0.104. The van der Waals surface area contributed by atoms with Crippen LogP contribution in [0.4, 0.5) is 0 Å².